The molecule has 8 heteroatoms. The molecule has 3 aromatic rings. The van der Waals surface area contributed by atoms with E-state index in [2.05, 4.69) is 40.3 Å². The van der Waals surface area contributed by atoms with Crippen LogP contribution in [0.1, 0.15) is 57.2 Å². The van der Waals surface area contributed by atoms with Gasteiger partial charge in [0.15, 0.2) is 5.90 Å². The van der Waals surface area contributed by atoms with Crippen LogP contribution < -0.4 is 9.47 Å². The monoisotopic (exact) mass is 556 g/mol. The van der Waals surface area contributed by atoms with Crippen molar-refractivity contribution in [2.45, 2.75) is 52.0 Å². The second kappa shape index (κ2) is 13.6. The van der Waals surface area contributed by atoms with Crippen LogP contribution in [0.4, 0.5) is 0 Å². The van der Waals surface area contributed by atoms with Crippen LogP contribution in [-0.4, -0.2) is 54.4 Å². The van der Waals surface area contributed by atoms with E-state index in [-0.39, 0.29) is 17.9 Å². The quantitative estimate of drug-likeness (QED) is 0.307. The minimum Gasteiger partial charge on any atom is -0.481 e. The van der Waals surface area contributed by atoms with Gasteiger partial charge in [-0.25, -0.2) is 4.99 Å². The van der Waals surface area contributed by atoms with Crippen LogP contribution in [0.15, 0.2) is 82.8 Å². The maximum absolute atomic E-state index is 5.94. The first-order valence-electron chi connectivity index (χ1n) is 14.8. The Morgan fingerprint density at radius 1 is 0.707 bits per heavy atom. The summed E-state index contributed by atoms with van der Waals surface area (Å²) >= 11 is 0. The maximum Gasteiger partial charge on any atom is 0.319 e. The van der Waals surface area contributed by atoms with Gasteiger partial charge >= 0.3 is 12.0 Å². The number of aromatic nitrogens is 2. The Balaban J connectivity index is 0.000000500. The summed E-state index contributed by atoms with van der Waals surface area (Å²) in [5, 5.41) is 0. The fourth-order valence-electron chi connectivity index (χ4n) is 6.07. The van der Waals surface area contributed by atoms with Gasteiger partial charge in [-0.1, -0.05) is 66.7 Å². The number of rotatable bonds is 9. The first-order chi connectivity index (χ1) is 20.2. The van der Waals surface area contributed by atoms with Crippen molar-refractivity contribution in [2.24, 2.45) is 27.7 Å². The predicted molar refractivity (Wildman–Crippen MR) is 160 cm³/mol. The average Bonchev–Trinajstić information content (AvgIpc) is 3.68. The zero-order valence-electron chi connectivity index (χ0n) is 24.3. The standard InChI is InChI=1S/C27H34N4O4.C6H6/c1-5-32-20-15-19(28-26(29-20)34-7-3)17-14-18(21(17)16-12-10-9-11-13-16)22-23-24(22)30-27(35-8-4)31-25(23)33-6-2;1-2-4-6-5-3-1/h9-13,15,17-18,21-24H,5-8,14H2,1-4H3;1-6H/t17-,18-,21+,22?,23?,24?;/m1./s1. The zero-order chi connectivity index (χ0) is 28.6. The summed E-state index contributed by atoms with van der Waals surface area (Å²) < 4.78 is 23.0. The number of benzene rings is 2. The highest BCUT2D eigenvalue weighted by atomic mass is 16.5. The third-order valence-electron chi connectivity index (χ3n) is 7.77. The Labute approximate surface area is 242 Å². The minimum absolute atomic E-state index is 0.163. The number of ether oxygens (including phenoxy) is 4. The van der Waals surface area contributed by atoms with E-state index in [0.717, 1.165) is 18.0 Å². The van der Waals surface area contributed by atoms with Gasteiger partial charge in [0.2, 0.25) is 5.88 Å². The first kappa shape index (κ1) is 28.6. The lowest BCUT2D eigenvalue weighted by atomic mass is 9.58. The molecule has 2 fully saturated rings. The molecule has 0 amide bonds. The van der Waals surface area contributed by atoms with Gasteiger partial charge in [0.25, 0.3) is 0 Å². The summed E-state index contributed by atoms with van der Waals surface area (Å²) in [6.07, 6.45) is 1.00. The molecule has 8 nitrogen and oxygen atoms in total. The molecular formula is C33H40N4O4. The van der Waals surface area contributed by atoms with E-state index in [1.54, 1.807) is 0 Å². The molecule has 6 atom stereocenters. The van der Waals surface area contributed by atoms with Crippen LogP contribution in [0.25, 0.3) is 0 Å². The molecular weight excluding hydrogens is 516 g/mol. The lowest BCUT2D eigenvalue weighted by molar-refractivity contribution is 0.165. The molecule has 2 aromatic carbocycles. The van der Waals surface area contributed by atoms with Crippen molar-refractivity contribution in [3.63, 3.8) is 0 Å². The Bertz CT molecular complexity index is 1270. The number of aliphatic imine (C=N–C) groups is 2. The van der Waals surface area contributed by atoms with Crippen LogP contribution in [0.2, 0.25) is 0 Å². The summed E-state index contributed by atoms with van der Waals surface area (Å²) in [5.74, 6) is 2.92. The van der Waals surface area contributed by atoms with Crippen molar-refractivity contribution in [1.29, 1.82) is 0 Å². The summed E-state index contributed by atoms with van der Waals surface area (Å²) in [6, 6.07) is 25.7. The Kier molecular flexibility index (Phi) is 9.49. The highest BCUT2D eigenvalue weighted by Gasteiger charge is 2.65. The molecule has 2 aliphatic carbocycles. The summed E-state index contributed by atoms with van der Waals surface area (Å²) in [6.45, 7) is 10.0. The van der Waals surface area contributed by atoms with E-state index >= 15 is 0 Å². The fraction of sp³-hybridized carbons (Fsp3) is 0.455. The largest absolute Gasteiger partial charge is 0.481 e. The molecule has 1 aromatic heterocycles. The molecule has 6 rings (SSSR count). The van der Waals surface area contributed by atoms with Gasteiger partial charge in [0, 0.05) is 12.0 Å². The van der Waals surface area contributed by atoms with Crippen LogP contribution in [0.3, 0.4) is 0 Å². The average molecular weight is 557 g/mol. The molecule has 3 aliphatic rings. The number of hydrogen-bond acceptors (Lipinski definition) is 8. The normalized spacial score (nSPS) is 25.7. The van der Waals surface area contributed by atoms with Gasteiger partial charge < -0.3 is 18.9 Å². The molecule has 2 heterocycles. The van der Waals surface area contributed by atoms with Crippen molar-refractivity contribution in [1.82, 2.24) is 9.97 Å². The van der Waals surface area contributed by atoms with Gasteiger partial charge in [-0.2, -0.15) is 15.0 Å². The third kappa shape index (κ3) is 6.53. The van der Waals surface area contributed by atoms with E-state index in [9.17, 15) is 0 Å². The topological polar surface area (TPSA) is 87.4 Å². The van der Waals surface area contributed by atoms with Crippen molar-refractivity contribution in [3.8, 4) is 11.9 Å². The van der Waals surface area contributed by atoms with Gasteiger partial charge in [-0.3, -0.25) is 0 Å². The van der Waals surface area contributed by atoms with E-state index in [0.29, 0.717) is 62.1 Å². The lowest BCUT2D eigenvalue weighted by Gasteiger charge is -2.45. The Morgan fingerprint density at radius 3 is 1.98 bits per heavy atom. The minimum atomic E-state index is 0.163. The van der Waals surface area contributed by atoms with Crippen LogP contribution >= 0.6 is 0 Å². The van der Waals surface area contributed by atoms with Crippen molar-refractivity contribution in [3.05, 3.63) is 84.1 Å². The molecule has 0 radical (unpaired) electrons. The summed E-state index contributed by atoms with van der Waals surface area (Å²) in [7, 11) is 0. The van der Waals surface area contributed by atoms with Gasteiger partial charge in [0.1, 0.15) is 0 Å². The smallest absolute Gasteiger partial charge is 0.319 e. The van der Waals surface area contributed by atoms with Crippen LogP contribution in [-0.2, 0) is 9.47 Å². The van der Waals surface area contributed by atoms with Crippen molar-refractivity contribution < 1.29 is 18.9 Å². The number of hydrogen-bond donors (Lipinski definition) is 0. The summed E-state index contributed by atoms with van der Waals surface area (Å²) in [5.41, 5.74) is 2.29. The molecule has 1 aliphatic heterocycles. The van der Waals surface area contributed by atoms with Gasteiger partial charge in [-0.15, -0.1) is 0 Å². The molecule has 0 N–H and O–H groups in total. The van der Waals surface area contributed by atoms with E-state index in [4.69, 9.17) is 28.9 Å². The lowest BCUT2D eigenvalue weighted by Crippen LogP contribution is -2.36. The van der Waals surface area contributed by atoms with E-state index in [1.807, 2.05) is 70.2 Å². The first-order valence-corrected chi connectivity index (χ1v) is 14.8. The molecule has 2 saturated carbocycles. The van der Waals surface area contributed by atoms with Gasteiger partial charge in [-0.05, 0) is 57.4 Å². The van der Waals surface area contributed by atoms with E-state index < -0.39 is 0 Å². The second-order valence-electron chi connectivity index (χ2n) is 10.2. The SMILES string of the molecule is CCOC1=NC2C(C(OCC)=N1)C2[C@@H]1C[C@H](c2cc(OCC)nc(OCC)n2)[C@@H]1c1ccccc1.c1ccccc1. The molecule has 41 heavy (non-hydrogen) atoms. The molecule has 216 valence electrons. The second-order valence-corrected chi connectivity index (χ2v) is 10.2. The molecule has 0 spiro atoms. The third-order valence-corrected chi connectivity index (χ3v) is 7.77. The number of fused-ring (bicyclic) bond motifs is 1. The number of nitrogens with zero attached hydrogens (tertiary/aromatic N) is 4. The highest BCUT2D eigenvalue weighted by molar-refractivity contribution is 5.97. The van der Waals surface area contributed by atoms with Gasteiger partial charge in [0.05, 0.1) is 44.1 Å². The summed E-state index contributed by atoms with van der Waals surface area (Å²) in [4.78, 5) is 18.6. The van der Waals surface area contributed by atoms with Crippen LogP contribution in [0.5, 0.6) is 11.9 Å². The maximum atomic E-state index is 5.94. The van der Waals surface area contributed by atoms with Crippen molar-refractivity contribution >= 4 is 11.9 Å². The van der Waals surface area contributed by atoms with Crippen molar-refractivity contribution in [2.75, 3.05) is 26.4 Å². The highest BCUT2D eigenvalue weighted by Crippen LogP contribution is 2.64. The van der Waals surface area contributed by atoms with E-state index in [1.165, 1.54) is 5.56 Å². The van der Waals surface area contributed by atoms with Crippen LogP contribution in [0, 0.1) is 17.8 Å². The fourth-order valence-corrected chi connectivity index (χ4v) is 6.07. The molecule has 0 saturated heterocycles. The Morgan fingerprint density at radius 2 is 1.34 bits per heavy atom. The zero-order valence-corrected chi connectivity index (χ0v) is 24.3. The Hall–Kier alpha value is -3.94. The molecule has 0 bridgehead atoms. The predicted octanol–water partition coefficient (Wildman–Crippen LogP) is 6.30. The number of amidine groups is 1. The molecule has 3 unspecified atom stereocenters.